The smallest absolute Gasteiger partial charge is 0.326 e. The first kappa shape index (κ1) is 52.5. The molecule has 2 fully saturated rings. The van der Waals surface area contributed by atoms with Crippen molar-refractivity contribution in [3.8, 4) is 0 Å². The molecule has 2 heterocycles. The lowest BCUT2D eigenvalue weighted by Gasteiger charge is -2.33. The van der Waals surface area contributed by atoms with Crippen molar-refractivity contribution in [3.63, 3.8) is 0 Å². The number of thiol groups is 1. The second-order valence-corrected chi connectivity index (χ2v) is 17.5. The first-order valence-corrected chi connectivity index (χ1v) is 22.4. The number of hydrogen-bond acceptors (Lipinski definition) is 13. The van der Waals surface area contributed by atoms with E-state index in [0.29, 0.717) is 18.6 Å². The van der Waals surface area contributed by atoms with E-state index < -0.39 is 120 Å². The van der Waals surface area contributed by atoms with Gasteiger partial charge in [-0.15, -0.1) is 0 Å². The number of rotatable bonds is 25. The molecule has 9 amide bonds. The molecule has 0 saturated carbocycles. The summed E-state index contributed by atoms with van der Waals surface area (Å²) in [7, 11) is 0. The summed E-state index contributed by atoms with van der Waals surface area (Å²) >= 11 is 5.47. The third kappa shape index (κ3) is 16.6. The van der Waals surface area contributed by atoms with Gasteiger partial charge in [0.25, 0.3) is 0 Å². The number of hydrogen-bond donors (Lipinski definition) is 10. The maximum Gasteiger partial charge on any atom is 0.326 e. The van der Waals surface area contributed by atoms with Crippen LogP contribution in [0.4, 0.5) is 0 Å². The lowest BCUT2D eigenvalue weighted by Crippen LogP contribution is -2.60. The van der Waals surface area contributed by atoms with Crippen LogP contribution in [0.2, 0.25) is 0 Å². The Hall–Kier alpha value is -4.64. The van der Waals surface area contributed by atoms with Crippen molar-refractivity contribution in [1.82, 2.24) is 36.4 Å². The monoisotopic (exact) mass is 900 g/mol. The van der Waals surface area contributed by atoms with Gasteiger partial charge in [-0.1, -0.05) is 27.7 Å². The quantitative estimate of drug-likeness (QED) is 0.0419. The van der Waals surface area contributed by atoms with Gasteiger partial charge < -0.3 is 58.7 Å². The van der Waals surface area contributed by atoms with Crippen LogP contribution in [0.3, 0.4) is 0 Å². The third-order valence-corrected chi connectivity index (χ3v) is 11.2. The fourth-order valence-corrected chi connectivity index (χ4v) is 7.78. The number of likely N-dealkylation sites (tertiary alicyclic amines) is 2. The number of carboxylic acids is 1. The fraction of sp³-hybridized carbons (Fsp3) is 0.737. The molecule has 61 heavy (non-hydrogen) atoms. The molecule has 0 bridgehead atoms. The number of amides is 9. The minimum absolute atomic E-state index is 0.0244. The van der Waals surface area contributed by atoms with Gasteiger partial charge in [0, 0.05) is 18.8 Å². The predicted molar refractivity (Wildman–Crippen MR) is 228 cm³/mol. The molecule has 0 aliphatic carbocycles. The molecule has 23 heteroatoms. The normalized spacial score (nSPS) is 19.2. The molecule has 2 aliphatic rings. The Morgan fingerprint density at radius 3 is 1.62 bits per heavy atom. The molecule has 0 aromatic heterocycles. The predicted octanol–water partition coefficient (Wildman–Crippen LogP) is -2.67. The van der Waals surface area contributed by atoms with Crippen LogP contribution in [-0.2, 0) is 47.9 Å². The number of carboxylic acid groups (broad SMARTS) is 1. The number of nitrogens with one attached hydrogen (secondary N) is 5. The Morgan fingerprint density at radius 1 is 0.672 bits per heavy atom. The van der Waals surface area contributed by atoms with E-state index in [1.54, 1.807) is 13.8 Å². The van der Waals surface area contributed by atoms with Crippen molar-refractivity contribution >= 4 is 83.5 Å². The van der Waals surface area contributed by atoms with Gasteiger partial charge in [-0.2, -0.15) is 24.4 Å². The van der Waals surface area contributed by atoms with Crippen LogP contribution in [0.25, 0.3) is 0 Å². The van der Waals surface area contributed by atoms with Gasteiger partial charge >= 0.3 is 5.97 Å². The zero-order valence-corrected chi connectivity index (χ0v) is 37.2. The minimum atomic E-state index is -1.61. The first-order valence-electron chi connectivity index (χ1n) is 20.4. The van der Waals surface area contributed by atoms with E-state index in [1.165, 1.54) is 21.6 Å². The highest BCUT2D eigenvalue weighted by Crippen LogP contribution is 2.26. The fourth-order valence-electron chi connectivity index (χ4n) is 7.14. The Labute approximate surface area is 365 Å². The Bertz CT molecular complexity index is 1620. The molecule has 344 valence electrons. The summed E-state index contributed by atoms with van der Waals surface area (Å²) in [6, 6.07) is -9.74. The van der Waals surface area contributed by atoms with Gasteiger partial charge in [0.15, 0.2) is 0 Å². The number of nitrogens with zero attached hydrogens (tertiary/aromatic N) is 2. The van der Waals surface area contributed by atoms with Crippen molar-refractivity contribution in [2.75, 3.05) is 30.9 Å². The highest BCUT2D eigenvalue weighted by atomic mass is 32.2. The van der Waals surface area contributed by atoms with Gasteiger partial charge in [-0.05, 0) is 68.8 Å². The molecule has 2 aliphatic heterocycles. The molecule has 2 saturated heterocycles. The summed E-state index contributed by atoms with van der Waals surface area (Å²) in [5.74, 6) is -8.05. The van der Waals surface area contributed by atoms with Crippen molar-refractivity contribution in [2.45, 2.75) is 134 Å². The average Bonchev–Trinajstić information content (AvgIpc) is 3.88. The van der Waals surface area contributed by atoms with E-state index in [2.05, 4.69) is 39.2 Å². The lowest BCUT2D eigenvalue weighted by atomic mass is 10.0. The third-order valence-electron chi connectivity index (χ3n) is 10.2. The largest absolute Gasteiger partial charge is 0.480 e. The zero-order chi connectivity index (χ0) is 46.1. The topological polar surface area (TPSA) is 336 Å². The molecule has 0 radical (unpaired) electrons. The van der Waals surface area contributed by atoms with E-state index in [0.717, 1.165) is 0 Å². The van der Waals surface area contributed by atoms with Gasteiger partial charge in [-0.25, -0.2) is 4.79 Å². The van der Waals surface area contributed by atoms with E-state index in [4.69, 9.17) is 17.2 Å². The molecule has 8 atom stereocenters. The van der Waals surface area contributed by atoms with Crippen molar-refractivity contribution < 1.29 is 53.1 Å². The Balaban J connectivity index is 2.31. The van der Waals surface area contributed by atoms with Crippen LogP contribution in [0, 0.1) is 11.8 Å². The standard InChI is InChI=1S/C38H64N10O11S2/c1-19(2)14-23(43-31(51)21(39)18-60)33(53)42-22(10-13-61-5)32(52)44-24(15-20(3)4)34(54)45-25(16-29(40)49)36(56)48-12-7-9-28(48)37(57)47-11-6-8-27(47)35(55)46-26(38(58)59)17-30(41)50/h19-28,60H,6-18,39H2,1-5H3,(H2,40,49)(H2,41,50)(H,42,53)(H,43,51)(H,44,52)(H,45,54)(H,46,55)(H,58,59)/t21-,22-,23-,24-,25-,26-,27-,28-/m0/s1. The number of carbonyl (C=O) groups is 10. The minimum Gasteiger partial charge on any atom is -0.480 e. The molecule has 0 aromatic carbocycles. The van der Waals surface area contributed by atoms with E-state index in [9.17, 15) is 53.1 Å². The highest BCUT2D eigenvalue weighted by molar-refractivity contribution is 7.98. The molecule has 0 aromatic rings. The number of thioether (sulfide) groups is 1. The number of nitrogens with two attached hydrogens (primary N) is 3. The summed E-state index contributed by atoms with van der Waals surface area (Å²) in [5.41, 5.74) is 16.5. The first-order chi connectivity index (χ1) is 28.6. The van der Waals surface area contributed by atoms with Gasteiger partial charge in [0.1, 0.15) is 42.3 Å². The summed E-state index contributed by atoms with van der Waals surface area (Å²) in [4.78, 5) is 133. The van der Waals surface area contributed by atoms with E-state index in [-0.39, 0.29) is 62.8 Å². The summed E-state index contributed by atoms with van der Waals surface area (Å²) in [5, 5.41) is 22.3. The van der Waals surface area contributed by atoms with Gasteiger partial charge in [-0.3, -0.25) is 43.2 Å². The molecular formula is C38H64N10O11S2. The van der Waals surface area contributed by atoms with Crippen LogP contribution in [0.1, 0.15) is 85.5 Å². The molecular weight excluding hydrogens is 837 g/mol. The second-order valence-electron chi connectivity index (χ2n) is 16.2. The van der Waals surface area contributed by atoms with Crippen LogP contribution in [0.15, 0.2) is 0 Å². The number of primary amides is 2. The maximum absolute atomic E-state index is 14.1. The summed E-state index contributed by atoms with van der Waals surface area (Å²) in [6.45, 7) is 7.50. The van der Waals surface area contributed by atoms with Crippen molar-refractivity contribution in [1.29, 1.82) is 0 Å². The Kier molecular flexibility index (Phi) is 21.8. The second kappa shape index (κ2) is 25.3. The molecule has 2 rings (SSSR count). The molecule has 21 nitrogen and oxygen atoms in total. The van der Waals surface area contributed by atoms with Gasteiger partial charge in [0.05, 0.1) is 18.9 Å². The molecule has 0 spiro atoms. The average molecular weight is 901 g/mol. The lowest BCUT2D eigenvalue weighted by molar-refractivity contribution is -0.149. The highest BCUT2D eigenvalue weighted by Gasteiger charge is 2.45. The van der Waals surface area contributed by atoms with E-state index >= 15 is 0 Å². The van der Waals surface area contributed by atoms with Crippen molar-refractivity contribution in [3.05, 3.63) is 0 Å². The van der Waals surface area contributed by atoms with Gasteiger partial charge in [0.2, 0.25) is 53.2 Å². The van der Waals surface area contributed by atoms with E-state index in [1.807, 2.05) is 20.1 Å². The molecule has 12 N–H and O–H groups in total. The van der Waals surface area contributed by atoms with Crippen LogP contribution >= 0.6 is 24.4 Å². The molecule has 0 unspecified atom stereocenters. The SMILES string of the molecule is CSCC[C@H](NC(=O)[C@H](CC(C)C)NC(=O)[C@@H](N)CS)C(=O)N[C@@H](CC(C)C)C(=O)N[C@@H](CC(N)=O)C(=O)N1CCC[C@H]1C(=O)N1CCC[C@H]1C(=O)N[C@@H](CC(N)=O)C(=O)O. The summed E-state index contributed by atoms with van der Waals surface area (Å²) < 4.78 is 0. The van der Waals surface area contributed by atoms with Crippen LogP contribution in [-0.4, -0.2) is 153 Å². The van der Waals surface area contributed by atoms with Crippen LogP contribution in [0.5, 0.6) is 0 Å². The number of aliphatic carboxylic acids is 1. The summed E-state index contributed by atoms with van der Waals surface area (Å²) in [6.07, 6.45) is 2.11. The maximum atomic E-state index is 14.1. The van der Waals surface area contributed by atoms with Crippen LogP contribution < -0.4 is 43.8 Å². The number of carbonyl (C=O) groups excluding carboxylic acids is 9. The zero-order valence-electron chi connectivity index (χ0n) is 35.5. The van der Waals surface area contributed by atoms with Crippen molar-refractivity contribution in [2.24, 2.45) is 29.0 Å². The Morgan fingerprint density at radius 2 is 1.13 bits per heavy atom.